The number of nitrogens with two attached hydrogens (primary N) is 1. The molecule has 1 aliphatic heterocycles. The monoisotopic (exact) mass is 460 g/mol. The quantitative estimate of drug-likeness (QED) is 0.486. The Labute approximate surface area is 195 Å². The van der Waals surface area contributed by atoms with Gasteiger partial charge in [-0.15, -0.1) is 0 Å². The van der Waals surface area contributed by atoms with Crippen molar-refractivity contribution >= 4 is 5.82 Å². The first-order chi connectivity index (χ1) is 16.4. The molecule has 1 atom stereocenters. The summed E-state index contributed by atoms with van der Waals surface area (Å²) in [5.74, 6) is 0.649. The fourth-order valence-electron chi connectivity index (χ4n) is 4.64. The van der Waals surface area contributed by atoms with E-state index in [4.69, 9.17) is 20.6 Å². The number of nitrogen functional groups attached to an aromatic ring is 1. The number of aryl methyl sites for hydroxylation is 2. The lowest BCUT2D eigenvalue weighted by atomic mass is 9.96. The molecule has 6 rings (SSSR count). The Hall–Kier alpha value is -3.82. The van der Waals surface area contributed by atoms with E-state index in [-0.39, 0.29) is 17.5 Å². The second-order valence-electron chi connectivity index (χ2n) is 9.14. The summed E-state index contributed by atoms with van der Waals surface area (Å²) in [5, 5.41) is 14.2. The molecule has 3 aromatic heterocycles. The van der Waals surface area contributed by atoms with Crippen LogP contribution in [0.2, 0.25) is 0 Å². The highest BCUT2D eigenvalue weighted by molar-refractivity contribution is 5.69. The first-order valence-electron chi connectivity index (χ1n) is 11.4. The zero-order valence-corrected chi connectivity index (χ0v) is 19.3. The third-order valence-corrected chi connectivity index (χ3v) is 6.51. The minimum Gasteiger partial charge on any atom is -0.467 e. The molecule has 0 radical (unpaired) electrons. The minimum atomic E-state index is -0.551. The van der Waals surface area contributed by atoms with Crippen molar-refractivity contribution in [1.82, 2.24) is 34.7 Å². The van der Waals surface area contributed by atoms with Gasteiger partial charge < -0.3 is 10.5 Å². The summed E-state index contributed by atoms with van der Waals surface area (Å²) >= 11 is 0. The molecule has 174 valence electrons. The Kier molecular flexibility index (Phi) is 4.65. The molecule has 34 heavy (non-hydrogen) atoms. The van der Waals surface area contributed by atoms with Crippen LogP contribution in [0.5, 0.6) is 5.88 Å². The number of benzene rings is 1. The highest BCUT2D eigenvalue weighted by Gasteiger charge is 2.29. The number of ether oxygens (including phenoxy) is 1. The van der Waals surface area contributed by atoms with Crippen molar-refractivity contribution in [2.75, 3.05) is 5.73 Å². The number of halogens is 1. The molecule has 1 unspecified atom stereocenters. The van der Waals surface area contributed by atoms with Gasteiger partial charge in [-0.05, 0) is 50.8 Å². The maximum absolute atomic E-state index is 14.3. The van der Waals surface area contributed by atoms with E-state index in [1.54, 1.807) is 24.1 Å². The average molecular weight is 461 g/mol. The van der Waals surface area contributed by atoms with Crippen molar-refractivity contribution in [3.8, 4) is 28.5 Å². The predicted molar refractivity (Wildman–Crippen MR) is 123 cm³/mol. The molecule has 0 spiro atoms. The van der Waals surface area contributed by atoms with Crippen molar-refractivity contribution in [2.45, 2.75) is 45.8 Å². The van der Waals surface area contributed by atoms with Gasteiger partial charge in [-0.25, -0.2) is 14.4 Å². The van der Waals surface area contributed by atoms with Gasteiger partial charge in [0.05, 0.1) is 23.3 Å². The molecule has 1 saturated carbocycles. The van der Waals surface area contributed by atoms with Crippen LogP contribution < -0.4 is 10.5 Å². The summed E-state index contributed by atoms with van der Waals surface area (Å²) < 4.78 is 22.5. The summed E-state index contributed by atoms with van der Waals surface area (Å²) in [5.41, 5.74) is 12.4. The van der Waals surface area contributed by atoms with Crippen molar-refractivity contribution in [1.29, 1.82) is 0 Å². The lowest BCUT2D eigenvalue weighted by Crippen LogP contribution is -2.12. The SMILES string of the molecule is Cc1nn(CC2CC2)c2c1Cc1nn(C)nc1-c1ccc(F)cc1C(C)Oc1nc-2cnc1N. The van der Waals surface area contributed by atoms with Crippen molar-refractivity contribution in [3.63, 3.8) is 0 Å². The van der Waals surface area contributed by atoms with E-state index in [0.29, 0.717) is 29.3 Å². The number of nitrogens with zero attached hydrogens (tertiary/aromatic N) is 7. The Morgan fingerprint density at radius 3 is 2.82 bits per heavy atom. The zero-order valence-electron chi connectivity index (χ0n) is 19.3. The molecule has 0 amide bonds. The Balaban J connectivity index is 1.62. The maximum Gasteiger partial charge on any atom is 0.258 e. The molecule has 4 aromatic rings. The molecule has 1 aliphatic carbocycles. The number of hydrogen-bond acceptors (Lipinski definition) is 7. The van der Waals surface area contributed by atoms with Gasteiger partial charge in [-0.1, -0.05) is 0 Å². The van der Waals surface area contributed by atoms with Crippen LogP contribution in [0, 0.1) is 18.7 Å². The molecule has 10 heteroatoms. The zero-order chi connectivity index (χ0) is 23.6. The second-order valence-corrected chi connectivity index (χ2v) is 9.14. The Morgan fingerprint density at radius 1 is 1.21 bits per heavy atom. The number of fused-ring (bicyclic) bond motifs is 7. The summed E-state index contributed by atoms with van der Waals surface area (Å²) in [6, 6.07) is 4.61. The molecule has 9 nitrogen and oxygen atoms in total. The maximum atomic E-state index is 14.3. The molecule has 0 saturated heterocycles. The van der Waals surface area contributed by atoms with Crippen molar-refractivity contribution in [3.05, 3.63) is 52.7 Å². The number of rotatable bonds is 2. The van der Waals surface area contributed by atoms with E-state index < -0.39 is 6.10 Å². The van der Waals surface area contributed by atoms with Crippen molar-refractivity contribution < 1.29 is 9.13 Å². The summed E-state index contributed by atoms with van der Waals surface area (Å²) in [7, 11) is 1.79. The fourth-order valence-corrected chi connectivity index (χ4v) is 4.64. The largest absolute Gasteiger partial charge is 0.467 e. The van der Waals surface area contributed by atoms with Crippen LogP contribution in [0.4, 0.5) is 10.2 Å². The van der Waals surface area contributed by atoms with Gasteiger partial charge in [-0.3, -0.25) is 4.68 Å². The number of aromatic nitrogens is 7. The van der Waals surface area contributed by atoms with E-state index in [9.17, 15) is 4.39 Å². The standard InChI is InChI=1S/C24H25FN8O/c1-12-17-9-19-21(31-32(3)30-19)16-7-6-15(25)8-18(16)13(2)34-24-23(26)27-10-20(28-24)22(17)33(29-12)11-14-4-5-14/h6-8,10,13-14H,4-5,9,11H2,1-3H3,(H2,26,27). The van der Waals surface area contributed by atoms with E-state index in [0.717, 1.165) is 34.8 Å². The normalized spacial score (nSPS) is 17.1. The van der Waals surface area contributed by atoms with Crippen LogP contribution in [-0.4, -0.2) is 34.7 Å². The van der Waals surface area contributed by atoms with Gasteiger partial charge in [0.15, 0.2) is 5.82 Å². The number of anilines is 1. The van der Waals surface area contributed by atoms with Crippen LogP contribution in [0.25, 0.3) is 22.6 Å². The smallest absolute Gasteiger partial charge is 0.258 e. The van der Waals surface area contributed by atoms with Gasteiger partial charge in [0.2, 0.25) is 0 Å². The Morgan fingerprint density at radius 2 is 2.03 bits per heavy atom. The van der Waals surface area contributed by atoms with Gasteiger partial charge in [0.25, 0.3) is 5.88 Å². The fraction of sp³-hybridized carbons (Fsp3) is 0.375. The topological polar surface area (TPSA) is 110 Å². The second kappa shape index (κ2) is 7.61. The first kappa shape index (κ1) is 20.8. The summed E-state index contributed by atoms with van der Waals surface area (Å²) in [6.07, 6.45) is 4.02. The lowest BCUT2D eigenvalue weighted by Gasteiger charge is -2.20. The van der Waals surface area contributed by atoms with Crippen LogP contribution in [0.3, 0.4) is 0 Å². The molecule has 2 aliphatic rings. The van der Waals surface area contributed by atoms with Crippen LogP contribution in [0.15, 0.2) is 24.4 Å². The molecular weight excluding hydrogens is 435 g/mol. The third-order valence-electron chi connectivity index (χ3n) is 6.51. The molecule has 2 bridgehead atoms. The van der Waals surface area contributed by atoms with Gasteiger partial charge in [-0.2, -0.15) is 20.1 Å². The highest BCUT2D eigenvalue weighted by atomic mass is 19.1. The molecule has 1 aromatic carbocycles. The number of hydrogen-bond donors (Lipinski definition) is 1. The molecule has 4 heterocycles. The van der Waals surface area contributed by atoms with Crippen LogP contribution in [0.1, 0.15) is 48.4 Å². The highest BCUT2D eigenvalue weighted by Crippen LogP contribution is 2.38. The van der Waals surface area contributed by atoms with Crippen LogP contribution in [-0.2, 0) is 20.0 Å². The Bertz CT molecular complexity index is 1420. The van der Waals surface area contributed by atoms with Gasteiger partial charge in [0, 0.05) is 36.7 Å². The molecule has 1 fully saturated rings. The van der Waals surface area contributed by atoms with E-state index in [1.165, 1.54) is 25.0 Å². The van der Waals surface area contributed by atoms with E-state index in [2.05, 4.69) is 15.2 Å². The summed E-state index contributed by atoms with van der Waals surface area (Å²) in [4.78, 5) is 10.7. The van der Waals surface area contributed by atoms with Crippen molar-refractivity contribution in [2.24, 2.45) is 13.0 Å². The summed E-state index contributed by atoms with van der Waals surface area (Å²) in [6.45, 7) is 4.66. The first-order valence-corrected chi connectivity index (χ1v) is 11.4. The van der Waals surface area contributed by atoms with E-state index >= 15 is 0 Å². The minimum absolute atomic E-state index is 0.178. The predicted octanol–water partition coefficient (Wildman–Crippen LogP) is 3.62. The molecule has 2 N–H and O–H groups in total. The molecular formula is C24H25FN8O. The van der Waals surface area contributed by atoms with Crippen LogP contribution >= 0.6 is 0 Å². The van der Waals surface area contributed by atoms with E-state index in [1.807, 2.05) is 18.5 Å². The third kappa shape index (κ3) is 3.49. The average Bonchev–Trinajstić information content (AvgIpc) is 3.46. The van der Waals surface area contributed by atoms with Gasteiger partial charge in [0.1, 0.15) is 23.3 Å². The van der Waals surface area contributed by atoms with Gasteiger partial charge >= 0.3 is 0 Å². The lowest BCUT2D eigenvalue weighted by molar-refractivity contribution is 0.218.